The standard InChI is InChI=1S/C14H20FNO4/c15-12-2-1-3-13(14(12)16-8-10(18)9-17)20-11-4-6-19-7-5-11/h1-3,10-11,16-18H,4-9H2. The van der Waals surface area contributed by atoms with Crippen molar-refractivity contribution in [3.8, 4) is 5.75 Å². The minimum Gasteiger partial charge on any atom is -0.488 e. The van der Waals surface area contributed by atoms with Gasteiger partial charge in [-0.05, 0) is 12.1 Å². The van der Waals surface area contributed by atoms with Crippen LogP contribution < -0.4 is 10.1 Å². The lowest BCUT2D eigenvalue weighted by molar-refractivity contribution is 0.0257. The van der Waals surface area contributed by atoms with Crippen LogP contribution >= 0.6 is 0 Å². The van der Waals surface area contributed by atoms with Gasteiger partial charge in [0.1, 0.15) is 23.4 Å². The molecule has 1 fully saturated rings. The highest BCUT2D eigenvalue weighted by atomic mass is 19.1. The van der Waals surface area contributed by atoms with Gasteiger partial charge >= 0.3 is 0 Å². The van der Waals surface area contributed by atoms with Crippen molar-refractivity contribution in [2.75, 3.05) is 31.7 Å². The van der Waals surface area contributed by atoms with Crippen molar-refractivity contribution in [2.45, 2.75) is 25.0 Å². The molecule has 112 valence electrons. The summed E-state index contributed by atoms with van der Waals surface area (Å²) in [5.74, 6) is -0.0262. The van der Waals surface area contributed by atoms with Crippen molar-refractivity contribution in [1.29, 1.82) is 0 Å². The summed E-state index contributed by atoms with van der Waals surface area (Å²) in [4.78, 5) is 0. The largest absolute Gasteiger partial charge is 0.488 e. The third-order valence-corrected chi connectivity index (χ3v) is 3.16. The molecule has 5 nitrogen and oxygen atoms in total. The van der Waals surface area contributed by atoms with E-state index in [1.54, 1.807) is 12.1 Å². The van der Waals surface area contributed by atoms with Crippen molar-refractivity contribution in [3.63, 3.8) is 0 Å². The number of rotatable bonds is 6. The first-order chi connectivity index (χ1) is 9.70. The van der Waals surface area contributed by atoms with E-state index < -0.39 is 11.9 Å². The molecule has 0 spiro atoms. The molecule has 0 aliphatic carbocycles. The minimum atomic E-state index is -0.939. The maximum atomic E-state index is 13.8. The molecular weight excluding hydrogens is 265 g/mol. The monoisotopic (exact) mass is 285 g/mol. The number of aliphatic hydroxyl groups is 2. The summed E-state index contributed by atoms with van der Waals surface area (Å²) in [6.07, 6.45) is 0.615. The van der Waals surface area contributed by atoms with Gasteiger partial charge in [-0.1, -0.05) is 6.07 Å². The van der Waals surface area contributed by atoms with Gasteiger partial charge in [-0.25, -0.2) is 4.39 Å². The molecule has 2 rings (SSSR count). The number of hydrogen-bond acceptors (Lipinski definition) is 5. The van der Waals surface area contributed by atoms with Gasteiger partial charge in [0.2, 0.25) is 0 Å². The van der Waals surface area contributed by atoms with E-state index in [-0.39, 0.29) is 24.9 Å². The summed E-state index contributed by atoms with van der Waals surface area (Å²) in [6.45, 7) is 0.969. The van der Waals surface area contributed by atoms with E-state index in [0.717, 1.165) is 12.8 Å². The average molecular weight is 285 g/mol. The molecule has 0 radical (unpaired) electrons. The zero-order chi connectivity index (χ0) is 14.4. The van der Waals surface area contributed by atoms with Crippen molar-refractivity contribution in [2.24, 2.45) is 0 Å². The van der Waals surface area contributed by atoms with E-state index in [4.69, 9.17) is 14.6 Å². The lowest BCUT2D eigenvalue weighted by Gasteiger charge is -2.25. The van der Waals surface area contributed by atoms with Gasteiger partial charge < -0.3 is 25.0 Å². The maximum Gasteiger partial charge on any atom is 0.150 e. The first-order valence-corrected chi connectivity index (χ1v) is 6.76. The van der Waals surface area contributed by atoms with Gasteiger partial charge in [0.05, 0.1) is 25.9 Å². The molecule has 20 heavy (non-hydrogen) atoms. The summed E-state index contributed by atoms with van der Waals surface area (Å²) in [5.41, 5.74) is 0.214. The van der Waals surface area contributed by atoms with E-state index in [9.17, 15) is 9.50 Å². The molecule has 6 heteroatoms. The Morgan fingerprint density at radius 2 is 2.15 bits per heavy atom. The highest BCUT2D eigenvalue weighted by molar-refractivity contribution is 5.57. The fraction of sp³-hybridized carbons (Fsp3) is 0.571. The Hall–Kier alpha value is -1.37. The molecule has 1 aromatic rings. The van der Waals surface area contributed by atoms with Gasteiger partial charge in [0.15, 0.2) is 0 Å². The van der Waals surface area contributed by atoms with Crippen LogP contribution in [-0.4, -0.2) is 48.8 Å². The number of nitrogens with one attached hydrogen (secondary N) is 1. The van der Waals surface area contributed by atoms with Crippen LogP contribution in [0.25, 0.3) is 0 Å². The van der Waals surface area contributed by atoms with Crippen LogP contribution in [0.15, 0.2) is 18.2 Å². The fourth-order valence-electron chi connectivity index (χ4n) is 2.03. The van der Waals surface area contributed by atoms with Crippen LogP contribution in [0.4, 0.5) is 10.1 Å². The second kappa shape index (κ2) is 7.42. The lowest BCUT2D eigenvalue weighted by atomic mass is 10.1. The predicted molar refractivity (Wildman–Crippen MR) is 72.5 cm³/mol. The van der Waals surface area contributed by atoms with Crippen molar-refractivity contribution < 1.29 is 24.1 Å². The first kappa shape index (κ1) is 15.0. The predicted octanol–water partition coefficient (Wildman–Crippen LogP) is 1.15. The van der Waals surface area contributed by atoms with Crippen molar-refractivity contribution in [1.82, 2.24) is 0 Å². The summed E-state index contributed by atoms with van der Waals surface area (Å²) < 4.78 is 24.9. The first-order valence-electron chi connectivity index (χ1n) is 6.76. The molecule has 1 unspecified atom stereocenters. The number of halogens is 1. The zero-order valence-corrected chi connectivity index (χ0v) is 11.2. The normalized spacial score (nSPS) is 17.8. The second-order valence-corrected chi connectivity index (χ2v) is 4.76. The Balaban J connectivity index is 2.04. The quantitative estimate of drug-likeness (QED) is 0.731. The Kier molecular flexibility index (Phi) is 5.58. The fourth-order valence-corrected chi connectivity index (χ4v) is 2.03. The molecule has 1 saturated heterocycles. The molecule has 1 heterocycles. The molecule has 1 atom stereocenters. The summed E-state index contributed by atoms with van der Waals surface area (Å²) in [6, 6.07) is 4.59. The third-order valence-electron chi connectivity index (χ3n) is 3.16. The molecule has 0 saturated carbocycles. The van der Waals surface area contributed by atoms with Crippen LogP contribution in [0.3, 0.4) is 0 Å². The second-order valence-electron chi connectivity index (χ2n) is 4.76. The lowest BCUT2D eigenvalue weighted by Crippen LogP contribution is -2.27. The SMILES string of the molecule is OCC(O)CNc1c(F)cccc1OC1CCOCC1. The Bertz CT molecular complexity index is 424. The number of para-hydroxylation sites is 1. The number of aliphatic hydroxyl groups excluding tert-OH is 2. The van der Waals surface area contributed by atoms with Crippen LogP contribution in [0, 0.1) is 5.82 Å². The maximum absolute atomic E-state index is 13.8. The molecule has 3 N–H and O–H groups in total. The van der Waals surface area contributed by atoms with Gasteiger partial charge in [0, 0.05) is 19.4 Å². The highest BCUT2D eigenvalue weighted by Gasteiger charge is 2.18. The van der Waals surface area contributed by atoms with Gasteiger partial charge in [-0.3, -0.25) is 0 Å². The highest BCUT2D eigenvalue weighted by Crippen LogP contribution is 2.29. The molecule has 1 aliphatic rings. The molecule has 0 bridgehead atoms. The number of anilines is 1. The van der Waals surface area contributed by atoms with Gasteiger partial charge in [-0.2, -0.15) is 0 Å². The molecule has 1 aliphatic heterocycles. The van der Waals surface area contributed by atoms with Crippen molar-refractivity contribution in [3.05, 3.63) is 24.0 Å². The van der Waals surface area contributed by atoms with Gasteiger partial charge in [-0.15, -0.1) is 0 Å². The summed E-state index contributed by atoms with van der Waals surface area (Å²) in [7, 11) is 0. The Morgan fingerprint density at radius 1 is 1.40 bits per heavy atom. The smallest absolute Gasteiger partial charge is 0.150 e. The van der Waals surface area contributed by atoms with E-state index in [0.29, 0.717) is 19.0 Å². The van der Waals surface area contributed by atoms with E-state index in [2.05, 4.69) is 5.32 Å². The molecule has 1 aromatic carbocycles. The van der Waals surface area contributed by atoms with Crippen LogP contribution in [0.2, 0.25) is 0 Å². The number of ether oxygens (including phenoxy) is 2. The van der Waals surface area contributed by atoms with E-state index in [1.807, 2.05) is 0 Å². The van der Waals surface area contributed by atoms with E-state index in [1.165, 1.54) is 6.07 Å². The topological polar surface area (TPSA) is 71.0 Å². The van der Waals surface area contributed by atoms with Gasteiger partial charge in [0.25, 0.3) is 0 Å². The summed E-state index contributed by atoms with van der Waals surface area (Å²) in [5, 5.41) is 20.9. The van der Waals surface area contributed by atoms with Crippen molar-refractivity contribution >= 4 is 5.69 Å². The van der Waals surface area contributed by atoms with E-state index >= 15 is 0 Å². The minimum absolute atomic E-state index is 0.00821. The Labute approximate surface area is 117 Å². The van der Waals surface area contributed by atoms with Crippen LogP contribution in [-0.2, 0) is 4.74 Å². The third kappa shape index (κ3) is 4.06. The summed E-state index contributed by atoms with van der Waals surface area (Å²) >= 11 is 0. The van der Waals surface area contributed by atoms with Crippen LogP contribution in [0.1, 0.15) is 12.8 Å². The average Bonchev–Trinajstić information content (AvgIpc) is 2.47. The number of benzene rings is 1. The molecule has 0 amide bonds. The zero-order valence-electron chi connectivity index (χ0n) is 11.2. The molecular formula is C14H20FNO4. The number of hydrogen-bond donors (Lipinski definition) is 3. The Morgan fingerprint density at radius 3 is 2.85 bits per heavy atom. The van der Waals surface area contributed by atoms with Crippen LogP contribution in [0.5, 0.6) is 5.75 Å². The molecule has 0 aromatic heterocycles.